The Bertz CT molecular complexity index is 1010. The summed E-state index contributed by atoms with van der Waals surface area (Å²) in [5, 5.41) is 17.5. The first-order chi connectivity index (χ1) is 14.1. The highest BCUT2D eigenvalue weighted by atomic mass is 32.1. The van der Waals surface area contributed by atoms with Crippen LogP contribution in [0.3, 0.4) is 0 Å². The fourth-order valence-electron chi connectivity index (χ4n) is 3.27. The molecule has 29 heavy (non-hydrogen) atoms. The molecule has 1 amide bonds. The average molecular weight is 415 g/mol. The van der Waals surface area contributed by atoms with E-state index in [0.29, 0.717) is 23.1 Å². The molecule has 11 heteroatoms. The Morgan fingerprint density at radius 2 is 2.14 bits per heavy atom. The molecule has 4 rings (SSSR count). The van der Waals surface area contributed by atoms with Crippen molar-refractivity contribution in [3.05, 3.63) is 29.5 Å². The average Bonchev–Trinajstić information content (AvgIpc) is 3.37. The van der Waals surface area contributed by atoms with E-state index in [4.69, 9.17) is 4.74 Å². The van der Waals surface area contributed by atoms with Gasteiger partial charge in [-0.15, -0.1) is 26.6 Å². The molecule has 0 radical (unpaired) electrons. The summed E-state index contributed by atoms with van der Waals surface area (Å²) in [7, 11) is 0. The number of hydrogen-bond acceptors (Lipinski definition) is 9. The number of fused-ring (bicyclic) bond motifs is 1. The monoisotopic (exact) mass is 415 g/mol. The van der Waals surface area contributed by atoms with E-state index in [-0.39, 0.29) is 24.2 Å². The minimum Gasteiger partial charge on any atom is -0.466 e. The Kier molecular flexibility index (Phi) is 5.65. The molecule has 1 N–H and O–H groups in total. The quantitative estimate of drug-likeness (QED) is 0.603. The molecule has 0 spiro atoms. The molecule has 1 fully saturated rings. The van der Waals surface area contributed by atoms with E-state index in [1.54, 1.807) is 23.1 Å². The number of thiazole rings is 1. The number of amides is 1. The number of ether oxygens (including phenoxy) is 1. The Morgan fingerprint density at radius 3 is 2.93 bits per heavy atom. The van der Waals surface area contributed by atoms with Crippen LogP contribution in [0.25, 0.3) is 5.65 Å². The van der Waals surface area contributed by atoms with Gasteiger partial charge in [0.15, 0.2) is 10.8 Å². The van der Waals surface area contributed by atoms with Gasteiger partial charge in [0.05, 0.1) is 18.7 Å². The second kappa shape index (κ2) is 8.52. The van der Waals surface area contributed by atoms with Crippen LogP contribution in [0.4, 0.5) is 10.9 Å². The van der Waals surface area contributed by atoms with E-state index < -0.39 is 0 Å². The largest absolute Gasteiger partial charge is 0.466 e. The number of piperidine rings is 1. The van der Waals surface area contributed by atoms with E-state index in [0.717, 1.165) is 31.7 Å². The summed E-state index contributed by atoms with van der Waals surface area (Å²) in [6, 6.07) is 3.80. The molecule has 0 saturated carbocycles. The third kappa shape index (κ3) is 4.50. The molecule has 10 nitrogen and oxygen atoms in total. The summed E-state index contributed by atoms with van der Waals surface area (Å²) >= 11 is 1.32. The van der Waals surface area contributed by atoms with Gasteiger partial charge in [0, 0.05) is 24.4 Å². The lowest BCUT2D eigenvalue weighted by atomic mass is 9.96. The van der Waals surface area contributed by atoms with Crippen molar-refractivity contribution in [1.82, 2.24) is 24.8 Å². The number of rotatable bonds is 6. The molecule has 4 heterocycles. The lowest BCUT2D eigenvalue weighted by molar-refractivity contribution is -0.142. The summed E-state index contributed by atoms with van der Waals surface area (Å²) in [6.45, 7) is 3.59. The van der Waals surface area contributed by atoms with Gasteiger partial charge in [-0.1, -0.05) is 0 Å². The zero-order chi connectivity index (χ0) is 20.2. The van der Waals surface area contributed by atoms with E-state index in [1.165, 1.54) is 11.3 Å². The smallest absolute Gasteiger partial charge is 0.311 e. The minimum absolute atomic E-state index is 0.0381. The first-order valence-electron chi connectivity index (χ1n) is 9.45. The number of nitrogens with zero attached hydrogens (tertiary/aromatic N) is 6. The van der Waals surface area contributed by atoms with Crippen LogP contribution < -0.4 is 10.2 Å². The van der Waals surface area contributed by atoms with Gasteiger partial charge < -0.3 is 15.0 Å². The third-order valence-electron chi connectivity index (χ3n) is 4.75. The van der Waals surface area contributed by atoms with Gasteiger partial charge in [-0.3, -0.25) is 9.59 Å². The molecule has 3 aromatic rings. The Hall–Kier alpha value is -3.08. The lowest BCUT2D eigenvalue weighted by Gasteiger charge is -2.31. The summed E-state index contributed by atoms with van der Waals surface area (Å²) in [6.07, 6.45) is 3.15. The van der Waals surface area contributed by atoms with Crippen LogP contribution in [0.15, 0.2) is 23.8 Å². The molecule has 0 aliphatic carbocycles. The maximum Gasteiger partial charge on any atom is 0.311 e. The summed E-state index contributed by atoms with van der Waals surface area (Å²) in [4.78, 5) is 30.6. The predicted molar refractivity (Wildman–Crippen MR) is 107 cm³/mol. The molecule has 1 saturated heterocycles. The van der Waals surface area contributed by atoms with Crippen molar-refractivity contribution in [2.45, 2.75) is 26.2 Å². The molecule has 0 unspecified atom stereocenters. The molecular formula is C18H21N7O3S. The molecule has 1 aliphatic rings. The fraction of sp³-hybridized carbons (Fsp3) is 0.444. The minimum atomic E-state index is -0.318. The normalized spacial score (nSPS) is 14.9. The Balaban J connectivity index is 1.30. The van der Waals surface area contributed by atoms with E-state index >= 15 is 0 Å². The highest BCUT2D eigenvalue weighted by molar-refractivity contribution is 7.13. The van der Waals surface area contributed by atoms with E-state index in [2.05, 4.69) is 30.5 Å². The summed E-state index contributed by atoms with van der Waals surface area (Å²) in [5.74, 6) is 0.409. The maximum atomic E-state index is 12.6. The molecule has 3 aromatic heterocycles. The van der Waals surface area contributed by atoms with Crippen molar-refractivity contribution in [2.75, 3.05) is 29.9 Å². The number of nitrogens with one attached hydrogen (secondary N) is 1. The Labute approximate surface area is 170 Å². The zero-order valence-corrected chi connectivity index (χ0v) is 16.8. The van der Waals surface area contributed by atoms with Gasteiger partial charge in [-0.25, -0.2) is 4.98 Å². The van der Waals surface area contributed by atoms with Gasteiger partial charge in [0.1, 0.15) is 12.1 Å². The van der Waals surface area contributed by atoms with Crippen molar-refractivity contribution in [3.8, 4) is 0 Å². The topological polar surface area (TPSA) is 115 Å². The first-order valence-corrected chi connectivity index (χ1v) is 10.3. The molecule has 0 bridgehead atoms. The van der Waals surface area contributed by atoms with E-state index in [9.17, 15) is 9.59 Å². The number of esters is 1. The van der Waals surface area contributed by atoms with Crippen molar-refractivity contribution in [3.63, 3.8) is 0 Å². The van der Waals surface area contributed by atoms with Gasteiger partial charge in [-0.2, -0.15) is 4.52 Å². The van der Waals surface area contributed by atoms with E-state index in [1.807, 2.05) is 12.1 Å². The van der Waals surface area contributed by atoms with Gasteiger partial charge in [-0.05, 0) is 31.9 Å². The van der Waals surface area contributed by atoms with Gasteiger partial charge in [0.2, 0.25) is 5.91 Å². The van der Waals surface area contributed by atoms with Crippen molar-refractivity contribution in [1.29, 1.82) is 0 Å². The molecular weight excluding hydrogens is 394 g/mol. The van der Waals surface area contributed by atoms with Crippen LogP contribution in [0.1, 0.15) is 25.5 Å². The van der Waals surface area contributed by atoms with Crippen LogP contribution in [-0.2, 0) is 20.7 Å². The molecule has 152 valence electrons. The van der Waals surface area contributed by atoms with Crippen LogP contribution in [-0.4, -0.2) is 56.4 Å². The van der Waals surface area contributed by atoms with Crippen LogP contribution >= 0.6 is 11.3 Å². The lowest BCUT2D eigenvalue weighted by Crippen LogP contribution is -2.38. The van der Waals surface area contributed by atoms with Crippen LogP contribution in [0, 0.1) is 5.92 Å². The standard InChI is InChI=1S/C18H21N7O3S/c1-2-28-16(26)9-13-10-29-18(20-13)21-17(27)12-5-7-24(8-6-12)15-4-3-14-22-19-11-25(14)23-15/h3-4,10-12H,2,5-9H2,1H3,(H,20,21,27). The molecule has 0 atom stereocenters. The number of aromatic nitrogens is 5. The summed E-state index contributed by atoms with van der Waals surface area (Å²) in [5.41, 5.74) is 1.31. The third-order valence-corrected chi connectivity index (χ3v) is 5.56. The summed E-state index contributed by atoms with van der Waals surface area (Å²) < 4.78 is 6.56. The number of carbonyl (C=O) groups excluding carboxylic acids is 2. The second-order valence-electron chi connectivity index (χ2n) is 6.70. The van der Waals surface area contributed by atoms with Crippen molar-refractivity contribution < 1.29 is 14.3 Å². The number of carbonyl (C=O) groups is 2. The predicted octanol–water partition coefficient (Wildman–Crippen LogP) is 1.54. The number of hydrogen-bond donors (Lipinski definition) is 1. The number of anilines is 2. The van der Waals surface area contributed by atoms with Crippen LogP contribution in [0.2, 0.25) is 0 Å². The SMILES string of the molecule is CCOC(=O)Cc1csc(NC(=O)C2CCN(c3ccc4nncn4n3)CC2)n1. The fourth-order valence-corrected chi connectivity index (χ4v) is 3.98. The zero-order valence-electron chi connectivity index (χ0n) is 15.9. The van der Waals surface area contributed by atoms with Crippen LogP contribution in [0.5, 0.6) is 0 Å². The molecule has 1 aliphatic heterocycles. The second-order valence-corrected chi connectivity index (χ2v) is 7.56. The van der Waals surface area contributed by atoms with Crippen molar-refractivity contribution >= 4 is 39.8 Å². The highest BCUT2D eigenvalue weighted by Crippen LogP contribution is 2.24. The van der Waals surface area contributed by atoms with Gasteiger partial charge in [0.25, 0.3) is 0 Å². The maximum absolute atomic E-state index is 12.6. The van der Waals surface area contributed by atoms with Crippen molar-refractivity contribution in [2.24, 2.45) is 5.92 Å². The highest BCUT2D eigenvalue weighted by Gasteiger charge is 2.26. The molecule has 0 aromatic carbocycles. The first kappa shape index (κ1) is 19.2. The van der Waals surface area contributed by atoms with Gasteiger partial charge >= 0.3 is 5.97 Å². The Morgan fingerprint density at radius 1 is 1.31 bits per heavy atom.